The zero-order valence-electron chi connectivity index (χ0n) is 5.96. The molecule has 0 aliphatic heterocycles. The third-order valence-corrected chi connectivity index (χ3v) is 1.17. The van der Waals surface area contributed by atoms with Crippen LogP contribution in [0.1, 0.15) is 5.69 Å². The lowest BCUT2D eigenvalue weighted by Crippen LogP contribution is -2.26. The zero-order chi connectivity index (χ0) is 7.23. The molecule has 0 aliphatic carbocycles. The highest BCUT2D eigenvalue weighted by Crippen LogP contribution is 1.89. The van der Waals surface area contributed by atoms with Gasteiger partial charge in [-0.1, -0.05) is 6.07 Å². The molecule has 2 N–H and O–H groups in total. The lowest BCUT2D eigenvalue weighted by Gasteiger charge is -1.99. The van der Waals surface area contributed by atoms with Crippen molar-refractivity contribution in [2.45, 2.75) is 6.54 Å². The number of nitrogens with zero attached hydrogens (tertiary/aromatic N) is 1. The van der Waals surface area contributed by atoms with Gasteiger partial charge in [-0.25, -0.2) is 0 Å². The Morgan fingerprint density at radius 3 is 3.00 bits per heavy atom. The van der Waals surface area contributed by atoms with Crippen LogP contribution in [0.5, 0.6) is 0 Å². The molecule has 0 amide bonds. The molecule has 0 saturated heterocycles. The SMILES string of the molecule is CNNCc1ccccn1. The molecule has 0 unspecified atom stereocenters. The zero-order valence-corrected chi connectivity index (χ0v) is 5.96. The van der Waals surface area contributed by atoms with Gasteiger partial charge in [-0.05, 0) is 19.2 Å². The highest BCUT2D eigenvalue weighted by atomic mass is 15.3. The Bertz CT molecular complexity index is 173. The molecule has 0 bridgehead atoms. The number of pyridine rings is 1. The topological polar surface area (TPSA) is 37.0 Å². The second-order valence-corrected chi connectivity index (χ2v) is 1.92. The summed E-state index contributed by atoms with van der Waals surface area (Å²) in [7, 11) is 1.84. The predicted molar refractivity (Wildman–Crippen MR) is 40.1 cm³/mol. The molecule has 10 heavy (non-hydrogen) atoms. The van der Waals surface area contributed by atoms with E-state index in [0.717, 1.165) is 12.2 Å². The van der Waals surface area contributed by atoms with Crippen molar-refractivity contribution in [3.05, 3.63) is 30.1 Å². The predicted octanol–water partition coefficient (Wildman–Crippen LogP) is 0.306. The first-order valence-corrected chi connectivity index (χ1v) is 3.23. The molecule has 0 atom stereocenters. The van der Waals surface area contributed by atoms with Crippen molar-refractivity contribution in [1.29, 1.82) is 0 Å². The van der Waals surface area contributed by atoms with E-state index in [1.165, 1.54) is 0 Å². The molecule has 1 rings (SSSR count). The van der Waals surface area contributed by atoms with Gasteiger partial charge in [-0.2, -0.15) is 0 Å². The summed E-state index contributed by atoms with van der Waals surface area (Å²) in [5.41, 5.74) is 6.82. The fourth-order valence-electron chi connectivity index (χ4n) is 0.682. The van der Waals surface area contributed by atoms with Gasteiger partial charge in [0.25, 0.3) is 0 Å². The normalized spacial score (nSPS) is 9.70. The lowest BCUT2D eigenvalue weighted by molar-refractivity contribution is 0.588. The fourth-order valence-corrected chi connectivity index (χ4v) is 0.682. The van der Waals surface area contributed by atoms with Crippen LogP contribution in [0.3, 0.4) is 0 Å². The van der Waals surface area contributed by atoms with Crippen LogP contribution in [0, 0.1) is 0 Å². The van der Waals surface area contributed by atoms with E-state index in [1.807, 2.05) is 25.2 Å². The Balaban J connectivity index is 2.43. The second kappa shape index (κ2) is 3.98. The summed E-state index contributed by atoms with van der Waals surface area (Å²) in [5, 5.41) is 0. The van der Waals surface area contributed by atoms with Crippen LogP contribution < -0.4 is 10.9 Å². The van der Waals surface area contributed by atoms with Gasteiger partial charge in [-0.15, -0.1) is 0 Å². The lowest BCUT2D eigenvalue weighted by atomic mass is 10.4. The monoisotopic (exact) mass is 137 g/mol. The van der Waals surface area contributed by atoms with Crippen LogP contribution in [-0.4, -0.2) is 12.0 Å². The van der Waals surface area contributed by atoms with Crippen molar-refractivity contribution in [3.8, 4) is 0 Å². The summed E-state index contributed by atoms with van der Waals surface area (Å²) in [6, 6.07) is 5.85. The summed E-state index contributed by atoms with van der Waals surface area (Å²) >= 11 is 0. The first kappa shape index (κ1) is 7.18. The molecule has 3 nitrogen and oxygen atoms in total. The molecule has 54 valence electrons. The van der Waals surface area contributed by atoms with E-state index < -0.39 is 0 Å². The van der Waals surface area contributed by atoms with Gasteiger partial charge in [-0.3, -0.25) is 15.8 Å². The van der Waals surface area contributed by atoms with Gasteiger partial charge in [0.15, 0.2) is 0 Å². The molecule has 0 aliphatic rings. The van der Waals surface area contributed by atoms with Crippen molar-refractivity contribution >= 4 is 0 Å². The Kier molecular flexibility index (Phi) is 2.86. The summed E-state index contributed by atoms with van der Waals surface area (Å²) in [6.07, 6.45) is 1.78. The maximum absolute atomic E-state index is 4.11. The van der Waals surface area contributed by atoms with Crippen LogP contribution in [0.4, 0.5) is 0 Å². The number of aromatic nitrogens is 1. The third-order valence-electron chi connectivity index (χ3n) is 1.17. The molecule has 0 fully saturated rings. The smallest absolute Gasteiger partial charge is 0.0555 e. The van der Waals surface area contributed by atoms with E-state index in [9.17, 15) is 0 Å². The average molecular weight is 137 g/mol. The number of hydrogen-bond donors (Lipinski definition) is 2. The maximum atomic E-state index is 4.11. The van der Waals surface area contributed by atoms with Crippen LogP contribution in [-0.2, 0) is 6.54 Å². The van der Waals surface area contributed by atoms with Crippen molar-refractivity contribution in [3.63, 3.8) is 0 Å². The molecule has 0 aromatic carbocycles. The van der Waals surface area contributed by atoms with E-state index in [0.29, 0.717) is 0 Å². The quantitative estimate of drug-likeness (QED) is 0.588. The first-order chi connectivity index (χ1) is 4.93. The Morgan fingerprint density at radius 1 is 1.50 bits per heavy atom. The Morgan fingerprint density at radius 2 is 2.40 bits per heavy atom. The standard InChI is InChI=1S/C7H11N3/c1-8-10-6-7-4-2-3-5-9-7/h2-5,8,10H,6H2,1H3. The molecule has 0 spiro atoms. The number of rotatable bonds is 3. The minimum atomic E-state index is 0.761. The molecular formula is C7H11N3. The molecule has 1 aromatic rings. The fraction of sp³-hybridized carbons (Fsp3) is 0.286. The number of hydrogen-bond acceptors (Lipinski definition) is 3. The van der Waals surface area contributed by atoms with Crippen molar-refractivity contribution in [2.75, 3.05) is 7.05 Å². The van der Waals surface area contributed by atoms with Gasteiger partial charge in [0, 0.05) is 6.20 Å². The van der Waals surface area contributed by atoms with Crippen molar-refractivity contribution < 1.29 is 0 Å². The highest BCUT2D eigenvalue weighted by Gasteiger charge is 1.87. The van der Waals surface area contributed by atoms with E-state index in [4.69, 9.17) is 0 Å². The average Bonchev–Trinajstić information content (AvgIpc) is 2.03. The summed E-state index contributed by atoms with van der Waals surface area (Å²) in [4.78, 5) is 4.11. The number of nitrogens with one attached hydrogen (secondary N) is 2. The van der Waals surface area contributed by atoms with Gasteiger partial charge < -0.3 is 0 Å². The van der Waals surface area contributed by atoms with Gasteiger partial charge in [0.1, 0.15) is 0 Å². The van der Waals surface area contributed by atoms with Crippen molar-refractivity contribution in [2.24, 2.45) is 0 Å². The summed E-state index contributed by atoms with van der Waals surface area (Å²) in [5.74, 6) is 0. The Hall–Kier alpha value is -0.930. The van der Waals surface area contributed by atoms with E-state index >= 15 is 0 Å². The molecule has 3 heteroatoms. The van der Waals surface area contributed by atoms with Crippen LogP contribution in [0.15, 0.2) is 24.4 Å². The summed E-state index contributed by atoms with van der Waals surface area (Å²) in [6.45, 7) is 0.761. The highest BCUT2D eigenvalue weighted by molar-refractivity contribution is 5.02. The maximum Gasteiger partial charge on any atom is 0.0555 e. The Labute approximate surface area is 60.5 Å². The van der Waals surface area contributed by atoms with Crippen molar-refractivity contribution in [1.82, 2.24) is 15.8 Å². The van der Waals surface area contributed by atoms with E-state index in [2.05, 4.69) is 15.8 Å². The summed E-state index contributed by atoms with van der Waals surface area (Å²) < 4.78 is 0. The first-order valence-electron chi connectivity index (χ1n) is 3.23. The minimum Gasteiger partial charge on any atom is -0.261 e. The van der Waals surface area contributed by atoms with Crippen LogP contribution in [0.25, 0.3) is 0 Å². The number of hydrazine groups is 1. The molecule has 1 aromatic heterocycles. The largest absolute Gasteiger partial charge is 0.261 e. The van der Waals surface area contributed by atoms with E-state index in [-0.39, 0.29) is 0 Å². The third kappa shape index (κ3) is 2.13. The minimum absolute atomic E-state index is 0.761. The molecule has 0 radical (unpaired) electrons. The second-order valence-electron chi connectivity index (χ2n) is 1.92. The van der Waals surface area contributed by atoms with Crippen LogP contribution >= 0.6 is 0 Å². The van der Waals surface area contributed by atoms with Gasteiger partial charge >= 0.3 is 0 Å². The van der Waals surface area contributed by atoms with E-state index in [1.54, 1.807) is 6.20 Å². The van der Waals surface area contributed by atoms with Gasteiger partial charge in [0.05, 0.1) is 12.2 Å². The van der Waals surface area contributed by atoms with Gasteiger partial charge in [0.2, 0.25) is 0 Å². The molecule has 1 heterocycles. The molecule has 0 saturated carbocycles. The van der Waals surface area contributed by atoms with Crippen LogP contribution in [0.2, 0.25) is 0 Å². The molecular weight excluding hydrogens is 126 g/mol.